The number of amides is 1. The van der Waals surface area contributed by atoms with Gasteiger partial charge in [0.25, 0.3) is 0 Å². The first-order valence-corrected chi connectivity index (χ1v) is 8.68. The Hall–Kier alpha value is -2.40. The maximum absolute atomic E-state index is 11.7. The molecule has 3 N–H and O–H groups in total. The highest BCUT2D eigenvalue weighted by Crippen LogP contribution is 2.17. The van der Waals surface area contributed by atoms with Crippen LogP contribution in [0.25, 0.3) is 0 Å². The molecule has 0 aliphatic heterocycles. The standard InChI is InChI=1S/C17H30N2O9/c1-10(20)25-13(7-8-18)15(27-12(3)22)14(26-11(2)21)9-24-19-16(23)28-17(4,5)6/h13-15H,7-9,18H2,1-6H3,(H,19,23)/t13-,14-,15+/m1/s1. The predicted molar refractivity (Wildman–Crippen MR) is 95.7 cm³/mol. The van der Waals surface area contributed by atoms with Crippen LogP contribution in [0.2, 0.25) is 0 Å². The fourth-order valence-electron chi connectivity index (χ4n) is 2.14. The summed E-state index contributed by atoms with van der Waals surface area (Å²) < 4.78 is 20.5. The lowest BCUT2D eigenvalue weighted by Crippen LogP contribution is -2.48. The number of rotatable bonds is 10. The van der Waals surface area contributed by atoms with Gasteiger partial charge < -0.3 is 24.7 Å². The molecule has 28 heavy (non-hydrogen) atoms. The number of nitrogens with one attached hydrogen (secondary N) is 1. The van der Waals surface area contributed by atoms with E-state index in [4.69, 9.17) is 29.5 Å². The summed E-state index contributed by atoms with van der Waals surface area (Å²) in [6, 6.07) is 0. The average molecular weight is 406 g/mol. The van der Waals surface area contributed by atoms with E-state index in [0.29, 0.717) is 0 Å². The molecule has 1 amide bonds. The summed E-state index contributed by atoms with van der Waals surface area (Å²) in [6.45, 7) is 8.17. The van der Waals surface area contributed by atoms with E-state index < -0.39 is 54.5 Å². The van der Waals surface area contributed by atoms with E-state index in [1.54, 1.807) is 20.8 Å². The molecule has 0 fully saturated rings. The summed E-state index contributed by atoms with van der Waals surface area (Å²) in [5.41, 5.74) is 6.82. The molecule has 0 saturated heterocycles. The topological polar surface area (TPSA) is 152 Å². The molecule has 0 aromatic carbocycles. The third-order valence-corrected chi connectivity index (χ3v) is 2.92. The van der Waals surface area contributed by atoms with E-state index in [-0.39, 0.29) is 13.0 Å². The molecule has 0 spiro atoms. The highest BCUT2D eigenvalue weighted by atomic mass is 16.7. The minimum atomic E-state index is -1.20. The fourth-order valence-corrected chi connectivity index (χ4v) is 2.14. The highest BCUT2D eigenvalue weighted by molar-refractivity contribution is 5.68. The molecule has 0 aromatic heterocycles. The van der Waals surface area contributed by atoms with Crippen molar-refractivity contribution in [3.63, 3.8) is 0 Å². The lowest BCUT2D eigenvalue weighted by molar-refractivity contribution is -0.190. The predicted octanol–water partition coefficient (Wildman–Crippen LogP) is 0.587. The second kappa shape index (κ2) is 12.1. The Bertz CT molecular complexity index is 545. The SMILES string of the molecule is CC(=O)O[C@@H]([C@@H](CCN)OC(C)=O)[C@@H](CONC(=O)OC(C)(C)C)OC(C)=O. The Morgan fingerprint density at radius 3 is 1.82 bits per heavy atom. The Morgan fingerprint density at radius 2 is 1.39 bits per heavy atom. The lowest BCUT2D eigenvalue weighted by atomic mass is 10.0. The van der Waals surface area contributed by atoms with Gasteiger partial charge in [-0.15, -0.1) is 0 Å². The molecular weight excluding hydrogens is 376 g/mol. The maximum Gasteiger partial charge on any atom is 0.431 e. The third-order valence-electron chi connectivity index (χ3n) is 2.92. The number of carbonyl (C=O) groups excluding carboxylic acids is 4. The summed E-state index contributed by atoms with van der Waals surface area (Å²) in [7, 11) is 0. The van der Waals surface area contributed by atoms with Crippen LogP contribution in [0.5, 0.6) is 0 Å². The van der Waals surface area contributed by atoms with E-state index in [1.807, 2.05) is 5.48 Å². The summed E-state index contributed by atoms with van der Waals surface area (Å²) >= 11 is 0. The van der Waals surface area contributed by atoms with Crippen molar-refractivity contribution >= 4 is 24.0 Å². The molecule has 0 heterocycles. The highest BCUT2D eigenvalue weighted by Gasteiger charge is 2.37. The minimum absolute atomic E-state index is 0.111. The van der Waals surface area contributed by atoms with Crippen molar-refractivity contribution < 1.29 is 43.0 Å². The lowest BCUT2D eigenvalue weighted by Gasteiger charge is -2.31. The van der Waals surface area contributed by atoms with Crippen molar-refractivity contribution in [1.29, 1.82) is 0 Å². The summed E-state index contributed by atoms with van der Waals surface area (Å²) in [5, 5.41) is 0. The van der Waals surface area contributed by atoms with E-state index in [0.717, 1.165) is 13.8 Å². The zero-order valence-corrected chi connectivity index (χ0v) is 17.1. The van der Waals surface area contributed by atoms with Gasteiger partial charge in [-0.05, 0) is 27.3 Å². The van der Waals surface area contributed by atoms with Gasteiger partial charge in [0.2, 0.25) is 0 Å². The van der Waals surface area contributed by atoms with Crippen molar-refractivity contribution in [2.45, 2.75) is 71.9 Å². The number of hydrogen-bond acceptors (Lipinski definition) is 10. The van der Waals surface area contributed by atoms with Crippen LogP contribution in [-0.2, 0) is 38.2 Å². The van der Waals surface area contributed by atoms with Gasteiger partial charge in [-0.3, -0.25) is 19.2 Å². The van der Waals surface area contributed by atoms with E-state index >= 15 is 0 Å². The largest absolute Gasteiger partial charge is 0.458 e. The van der Waals surface area contributed by atoms with E-state index in [1.165, 1.54) is 6.92 Å². The van der Waals surface area contributed by atoms with E-state index in [2.05, 4.69) is 0 Å². The molecule has 162 valence electrons. The molecule has 0 rings (SSSR count). The van der Waals surface area contributed by atoms with Gasteiger partial charge in [0.05, 0.1) is 0 Å². The number of ether oxygens (including phenoxy) is 4. The normalized spacial score (nSPS) is 14.2. The quantitative estimate of drug-likeness (QED) is 0.299. The van der Waals surface area contributed by atoms with Crippen molar-refractivity contribution in [3.8, 4) is 0 Å². The fraction of sp³-hybridized carbons (Fsp3) is 0.765. The number of esters is 3. The minimum Gasteiger partial charge on any atom is -0.458 e. The number of nitrogens with two attached hydrogens (primary N) is 1. The Morgan fingerprint density at radius 1 is 0.893 bits per heavy atom. The number of hydroxylamine groups is 1. The first kappa shape index (κ1) is 25.6. The molecule has 0 bridgehead atoms. The van der Waals surface area contributed by atoms with Gasteiger partial charge in [-0.1, -0.05) is 0 Å². The van der Waals surface area contributed by atoms with Gasteiger partial charge in [0.1, 0.15) is 18.3 Å². The molecule has 0 aliphatic carbocycles. The van der Waals surface area contributed by atoms with Gasteiger partial charge in [0.15, 0.2) is 12.2 Å². The van der Waals surface area contributed by atoms with Crippen LogP contribution in [0.1, 0.15) is 48.0 Å². The molecule has 11 heteroatoms. The number of hydrogen-bond donors (Lipinski definition) is 2. The molecule has 0 radical (unpaired) electrons. The smallest absolute Gasteiger partial charge is 0.431 e. The van der Waals surface area contributed by atoms with E-state index in [9.17, 15) is 19.2 Å². The van der Waals surface area contributed by atoms with Crippen LogP contribution >= 0.6 is 0 Å². The zero-order chi connectivity index (χ0) is 21.9. The first-order valence-electron chi connectivity index (χ1n) is 8.68. The summed E-state index contributed by atoms with van der Waals surface area (Å²) in [4.78, 5) is 51.1. The Kier molecular flexibility index (Phi) is 11.1. The molecule has 0 unspecified atom stereocenters. The second-order valence-corrected chi connectivity index (χ2v) is 6.86. The van der Waals surface area contributed by atoms with Gasteiger partial charge >= 0.3 is 24.0 Å². The van der Waals surface area contributed by atoms with Crippen LogP contribution in [0.3, 0.4) is 0 Å². The molecule has 0 saturated carbocycles. The van der Waals surface area contributed by atoms with Crippen molar-refractivity contribution in [2.24, 2.45) is 5.73 Å². The summed E-state index contributed by atoms with van der Waals surface area (Å²) in [5.74, 6) is -2.03. The van der Waals surface area contributed by atoms with Crippen molar-refractivity contribution in [2.75, 3.05) is 13.2 Å². The van der Waals surface area contributed by atoms with Crippen LogP contribution in [0, 0.1) is 0 Å². The van der Waals surface area contributed by atoms with Gasteiger partial charge in [-0.2, -0.15) is 5.48 Å². The molecule has 11 nitrogen and oxygen atoms in total. The van der Waals surface area contributed by atoms with Crippen molar-refractivity contribution in [3.05, 3.63) is 0 Å². The second-order valence-electron chi connectivity index (χ2n) is 6.86. The zero-order valence-electron chi connectivity index (χ0n) is 17.1. The maximum atomic E-state index is 11.7. The molecular formula is C17H30N2O9. The number of carbonyl (C=O) groups is 4. The van der Waals surface area contributed by atoms with Crippen molar-refractivity contribution in [1.82, 2.24) is 5.48 Å². The summed E-state index contributed by atoms with van der Waals surface area (Å²) in [6.07, 6.45) is -4.10. The molecule has 3 atom stereocenters. The molecule has 0 aromatic rings. The molecule has 0 aliphatic rings. The third kappa shape index (κ3) is 12.1. The van der Waals surface area contributed by atoms with Crippen LogP contribution < -0.4 is 11.2 Å². The Balaban J connectivity index is 5.30. The van der Waals surface area contributed by atoms with Gasteiger partial charge in [-0.25, -0.2) is 4.79 Å². The first-order chi connectivity index (χ1) is 12.9. The Labute approximate surface area is 164 Å². The van der Waals surface area contributed by atoms with Crippen LogP contribution in [0.4, 0.5) is 4.79 Å². The monoisotopic (exact) mass is 406 g/mol. The van der Waals surface area contributed by atoms with Crippen LogP contribution in [-0.4, -0.2) is 61.1 Å². The average Bonchev–Trinajstić information content (AvgIpc) is 2.48. The van der Waals surface area contributed by atoms with Crippen LogP contribution in [0.15, 0.2) is 0 Å². The van der Waals surface area contributed by atoms with Gasteiger partial charge in [0, 0.05) is 27.2 Å².